The summed E-state index contributed by atoms with van der Waals surface area (Å²) in [5.74, 6) is 0. The maximum Gasteiger partial charge on any atom is 0.106 e. The third-order valence-electron chi connectivity index (χ3n) is 3.57. The van der Waals surface area contributed by atoms with Crippen molar-refractivity contribution in [3.63, 3.8) is 0 Å². The minimum absolute atomic E-state index is 0.436. The molecule has 0 fully saturated rings. The standard InChI is InChI=1S/C17H29NO2/c1-2-3-4-5-6-10-13-18-14-16(19)17(20)15-11-8-7-9-12-15/h7-9,11-12,16-20H,2-6,10,13-14H2,1H3/t16-,17-/m1/s1. The van der Waals surface area contributed by atoms with E-state index in [2.05, 4.69) is 12.2 Å². The molecule has 1 aromatic carbocycles. The van der Waals surface area contributed by atoms with Gasteiger partial charge in [0, 0.05) is 6.54 Å². The third-order valence-corrected chi connectivity index (χ3v) is 3.57. The van der Waals surface area contributed by atoms with Crippen molar-refractivity contribution < 1.29 is 10.2 Å². The van der Waals surface area contributed by atoms with Gasteiger partial charge in [0.1, 0.15) is 6.10 Å². The van der Waals surface area contributed by atoms with Crippen LogP contribution in [-0.4, -0.2) is 29.4 Å². The maximum atomic E-state index is 10.00. The second-order valence-corrected chi connectivity index (χ2v) is 5.39. The largest absolute Gasteiger partial charge is 0.389 e. The number of unbranched alkanes of at least 4 members (excludes halogenated alkanes) is 5. The molecular formula is C17H29NO2. The minimum Gasteiger partial charge on any atom is -0.389 e. The summed E-state index contributed by atoms with van der Waals surface area (Å²) in [4.78, 5) is 0. The zero-order valence-electron chi connectivity index (χ0n) is 12.6. The number of benzene rings is 1. The Hall–Kier alpha value is -0.900. The van der Waals surface area contributed by atoms with Gasteiger partial charge in [0.25, 0.3) is 0 Å². The van der Waals surface area contributed by atoms with Crippen molar-refractivity contribution in [1.82, 2.24) is 5.32 Å². The van der Waals surface area contributed by atoms with Crippen molar-refractivity contribution in [3.05, 3.63) is 35.9 Å². The Balaban J connectivity index is 2.07. The van der Waals surface area contributed by atoms with Crippen molar-refractivity contribution >= 4 is 0 Å². The Bertz CT molecular complexity index is 329. The predicted molar refractivity (Wildman–Crippen MR) is 83.7 cm³/mol. The van der Waals surface area contributed by atoms with Crippen molar-refractivity contribution in [1.29, 1.82) is 0 Å². The molecule has 0 radical (unpaired) electrons. The Labute approximate surface area is 123 Å². The van der Waals surface area contributed by atoms with Crippen LogP contribution in [-0.2, 0) is 0 Å². The van der Waals surface area contributed by atoms with Gasteiger partial charge in [-0.3, -0.25) is 0 Å². The summed E-state index contributed by atoms with van der Waals surface area (Å²) in [6.07, 6.45) is 6.04. The molecule has 3 heteroatoms. The van der Waals surface area contributed by atoms with E-state index in [1.165, 1.54) is 32.1 Å². The van der Waals surface area contributed by atoms with Crippen LogP contribution in [0.4, 0.5) is 0 Å². The van der Waals surface area contributed by atoms with E-state index in [0.717, 1.165) is 18.5 Å². The first kappa shape index (κ1) is 17.2. The molecule has 0 unspecified atom stereocenters. The summed E-state index contributed by atoms with van der Waals surface area (Å²) < 4.78 is 0. The van der Waals surface area contributed by atoms with Gasteiger partial charge in [0.05, 0.1) is 6.10 Å². The summed E-state index contributed by atoms with van der Waals surface area (Å²) in [7, 11) is 0. The first-order valence-corrected chi connectivity index (χ1v) is 7.87. The molecule has 0 aliphatic carbocycles. The van der Waals surface area contributed by atoms with E-state index in [1.807, 2.05) is 30.3 Å². The van der Waals surface area contributed by atoms with E-state index in [9.17, 15) is 10.2 Å². The summed E-state index contributed by atoms with van der Waals surface area (Å²) in [6.45, 7) is 3.57. The Morgan fingerprint density at radius 3 is 2.30 bits per heavy atom. The van der Waals surface area contributed by atoms with Crippen LogP contribution in [0.3, 0.4) is 0 Å². The summed E-state index contributed by atoms with van der Waals surface area (Å²) in [6, 6.07) is 9.31. The van der Waals surface area contributed by atoms with Crippen LogP contribution in [0.2, 0.25) is 0 Å². The topological polar surface area (TPSA) is 52.5 Å². The molecule has 1 rings (SSSR count). The van der Waals surface area contributed by atoms with Crippen LogP contribution in [0.5, 0.6) is 0 Å². The van der Waals surface area contributed by atoms with E-state index >= 15 is 0 Å². The van der Waals surface area contributed by atoms with Gasteiger partial charge in [-0.25, -0.2) is 0 Å². The second-order valence-electron chi connectivity index (χ2n) is 5.39. The van der Waals surface area contributed by atoms with Crippen LogP contribution in [0.15, 0.2) is 30.3 Å². The van der Waals surface area contributed by atoms with Crippen LogP contribution in [0, 0.1) is 0 Å². The number of hydrogen-bond donors (Lipinski definition) is 3. The molecule has 0 aliphatic heterocycles. The van der Waals surface area contributed by atoms with E-state index in [4.69, 9.17) is 0 Å². The average Bonchev–Trinajstić information content (AvgIpc) is 2.50. The van der Waals surface area contributed by atoms with E-state index in [1.54, 1.807) is 0 Å². The van der Waals surface area contributed by atoms with E-state index in [0.29, 0.717) is 6.54 Å². The highest BCUT2D eigenvalue weighted by atomic mass is 16.3. The van der Waals surface area contributed by atoms with Gasteiger partial charge in [-0.15, -0.1) is 0 Å². The molecule has 114 valence electrons. The number of aliphatic hydroxyl groups excluding tert-OH is 2. The molecular weight excluding hydrogens is 250 g/mol. The second kappa shape index (κ2) is 10.8. The van der Waals surface area contributed by atoms with Crippen molar-refractivity contribution in [2.24, 2.45) is 0 Å². The summed E-state index contributed by atoms with van der Waals surface area (Å²) in [5.41, 5.74) is 0.765. The molecule has 3 nitrogen and oxygen atoms in total. The summed E-state index contributed by atoms with van der Waals surface area (Å²) in [5, 5.41) is 23.1. The van der Waals surface area contributed by atoms with Gasteiger partial charge >= 0.3 is 0 Å². The first-order chi connectivity index (χ1) is 9.75. The van der Waals surface area contributed by atoms with Crippen LogP contribution >= 0.6 is 0 Å². The molecule has 3 N–H and O–H groups in total. The lowest BCUT2D eigenvalue weighted by atomic mass is 10.0. The Morgan fingerprint density at radius 1 is 0.950 bits per heavy atom. The predicted octanol–water partition coefficient (Wildman–Crippen LogP) is 3.03. The molecule has 20 heavy (non-hydrogen) atoms. The highest BCUT2D eigenvalue weighted by molar-refractivity contribution is 5.18. The fraction of sp³-hybridized carbons (Fsp3) is 0.647. The van der Waals surface area contributed by atoms with Crippen LogP contribution in [0.25, 0.3) is 0 Å². The third kappa shape index (κ3) is 7.04. The van der Waals surface area contributed by atoms with Gasteiger partial charge in [-0.1, -0.05) is 69.4 Å². The zero-order valence-corrected chi connectivity index (χ0v) is 12.6. The van der Waals surface area contributed by atoms with Crippen LogP contribution in [0.1, 0.15) is 57.1 Å². The monoisotopic (exact) mass is 279 g/mol. The first-order valence-electron chi connectivity index (χ1n) is 7.87. The molecule has 0 saturated carbocycles. The number of nitrogens with one attached hydrogen (secondary N) is 1. The average molecular weight is 279 g/mol. The van der Waals surface area contributed by atoms with Gasteiger partial charge in [-0.05, 0) is 18.5 Å². The molecule has 0 saturated heterocycles. The Morgan fingerprint density at radius 2 is 1.60 bits per heavy atom. The molecule has 0 aliphatic rings. The molecule has 1 aromatic rings. The fourth-order valence-corrected chi connectivity index (χ4v) is 2.26. The smallest absolute Gasteiger partial charge is 0.106 e. The van der Waals surface area contributed by atoms with Crippen LogP contribution < -0.4 is 5.32 Å². The number of aliphatic hydroxyl groups is 2. The van der Waals surface area contributed by atoms with Crippen molar-refractivity contribution in [2.45, 2.75) is 57.7 Å². The van der Waals surface area contributed by atoms with Crippen molar-refractivity contribution in [3.8, 4) is 0 Å². The normalized spacial score (nSPS) is 14.2. The quantitative estimate of drug-likeness (QED) is 0.546. The molecule has 2 atom stereocenters. The Kier molecular flexibility index (Phi) is 9.29. The highest BCUT2D eigenvalue weighted by Crippen LogP contribution is 2.15. The molecule has 0 amide bonds. The fourth-order valence-electron chi connectivity index (χ4n) is 2.26. The lowest BCUT2D eigenvalue weighted by Gasteiger charge is -2.18. The lowest BCUT2D eigenvalue weighted by Crippen LogP contribution is -2.32. The zero-order chi connectivity index (χ0) is 14.6. The molecule has 0 bridgehead atoms. The summed E-state index contributed by atoms with van der Waals surface area (Å²) >= 11 is 0. The minimum atomic E-state index is -0.812. The molecule has 0 heterocycles. The van der Waals surface area contributed by atoms with Gasteiger partial charge in [-0.2, -0.15) is 0 Å². The number of hydrogen-bond acceptors (Lipinski definition) is 3. The maximum absolute atomic E-state index is 10.00. The van der Waals surface area contributed by atoms with Gasteiger partial charge < -0.3 is 15.5 Å². The van der Waals surface area contributed by atoms with Gasteiger partial charge in [0.2, 0.25) is 0 Å². The van der Waals surface area contributed by atoms with E-state index < -0.39 is 12.2 Å². The lowest BCUT2D eigenvalue weighted by molar-refractivity contribution is 0.0192. The highest BCUT2D eigenvalue weighted by Gasteiger charge is 2.17. The molecule has 0 spiro atoms. The van der Waals surface area contributed by atoms with E-state index in [-0.39, 0.29) is 0 Å². The number of rotatable bonds is 11. The molecule has 0 aromatic heterocycles. The van der Waals surface area contributed by atoms with Gasteiger partial charge in [0.15, 0.2) is 0 Å². The SMILES string of the molecule is CCCCCCCCNC[C@@H](O)[C@H](O)c1ccccc1. The van der Waals surface area contributed by atoms with Crippen molar-refractivity contribution in [2.75, 3.05) is 13.1 Å².